The number of carbonyl (C=O) groups excluding carboxylic acids is 5. The van der Waals surface area contributed by atoms with Crippen molar-refractivity contribution in [2.75, 3.05) is 18.8 Å². The molecule has 2 aliphatic heterocycles. The molecule has 0 aliphatic carbocycles. The number of urea groups is 1. The van der Waals surface area contributed by atoms with E-state index in [0.717, 1.165) is 59.9 Å². The summed E-state index contributed by atoms with van der Waals surface area (Å²) in [5.41, 5.74) is 9.46. The molecule has 2 fully saturated rings. The number of alkyl halides is 3. The standard InChI is InChI=1S/C46H54F3N11O7S2/c1-29-13-15-30(16-14-29)37-27-39(46(47,48)49)57-60(37)33-21-23-34(24-22-33)69(66,67)58-44(64)35(53-43(63)31-17-19-32(20-18-31)56-59-50)9-6-8-26-52-40(61)11-3-2-7-25-51-41(62)12-5-4-10-38-42-36(28-68-38)54-45(65)55-42/h13-24,27,35-36,38,42H,2-12,25-26,28H2,1H3,(H,51,62)(H,52,61)(H,53,63)(H,58,64)(H2,54,55,65)/t35-,36+,38+,42+/m1/s1. The molecular weight excluding hydrogens is 940 g/mol. The summed E-state index contributed by atoms with van der Waals surface area (Å²) < 4.78 is 71.3. The molecule has 6 rings (SSSR count). The van der Waals surface area contributed by atoms with Gasteiger partial charge in [-0.25, -0.2) is 22.6 Å². The molecule has 23 heteroatoms. The average molecular weight is 994 g/mol. The number of sulfonamides is 1. The van der Waals surface area contributed by atoms with Gasteiger partial charge in [-0.1, -0.05) is 59.9 Å². The number of rotatable bonds is 24. The Morgan fingerprint density at radius 1 is 0.884 bits per heavy atom. The molecule has 2 aliphatic rings. The van der Waals surface area contributed by atoms with Crippen molar-refractivity contribution in [3.8, 4) is 16.9 Å². The van der Waals surface area contributed by atoms with Crippen LogP contribution in [0.25, 0.3) is 27.4 Å². The van der Waals surface area contributed by atoms with E-state index < -0.39 is 39.7 Å². The van der Waals surface area contributed by atoms with E-state index in [1.54, 1.807) is 24.3 Å². The fourth-order valence-corrected chi connectivity index (χ4v) is 10.4. The van der Waals surface area contributed by atoms with E-state index in [0.29, 0.717) is 43.0 Å². The van der Waals surface area contributed by atoms with Crippen molar-refractivity contribution in [1.29, 1.82) is 0 Å². The van der Waals surface area contributed by atoms with Crippen LogP contribution in [0.4, 0.5) is 23.7 Å². The highest BCUT2D eigenvalue weighted by molar-refractivity contribution is 8.00. The zero-order chi connectivity index (χ0) is 49.6. The molecule has 3 heterocycles. The van der Waals surface area contributed by atoms with Crippen LogP contribution in [0.3, 0.4) is 0 Å². The third-order valence-corrected chi connectivity index (χ3v) is 14.5. The van der Waals surface area contributed by atoms with Gasteiger partial charge in [0.15, 0.2) is 5.69 Å². The largest absolute Gasteiger partial charge is 0.435 e. The van der Waals surface area contributed by atoms with Crippen LogP contribution in [-0.4, -0.2) is 90.1 Å². The predicted octanol–water partition coefficient (Wildman–Crippen LogP) is 7.10. The molecule has 0 saturated carbocycles. The Morgan fingerprint density at radius 3 is 2.19 bits per heavy atom. The van der Waals surface area contributed by atoms with Gasteiger partial charge in [0.05, 0.1) is 28.4 Å². The molecule has 2 saturated heterocycles. The molecule has 18 nitrogen and oxygen atoms in total. The number of benzene rings is 3. The number of unbranched alkanes of at least 4 members (excludes halogenated alkanes) is 4. The van der Waals surface area contributed by atoms with E-state index in [1.165, 1.54) is 36.4 Å². The topological polar surface area (TPSA) is 258 Å². The number of thioether (sulfide) groups is 1. The van der Waals surface area contributed by atoms with Crippen molar-refractivity contribution in [3.05, 3.63) is 106 Å². The van der Waals surface area contributed by atoms with Gasteiger partial charge < -0.3 is 26.6 Å². The monoisotopic (exact) mass is 993 g/mol. The molecule has 368 valence electrons. The summed E-state index contributed by atoms with van der Waals surface area (Å²) in [6.07, 6.45) is 1.27. The quantitative estimate of drug-likeness (QED) is 0.0137. The lowest BCUT2D eigenvalue weighted by atomic mass is 10.0. The third kappa shape index (κ3) is 15.0. The van der Waals surface area contributed by atoms with Crippen molar-refractivity contribution in [3.63, 3.8) is 0 Å². The highest BCUT2D eigenvalue weighted by Crippen LogP contribution is 2.35. The van der Waals surface area contributed by atoms with Crippen molar-refractivity contribution >= 4 is 57.1 Å². The first-order valence-electron chi connectivity index (χ1n) is 22.6. The highest BCUT2D eigenvalue weighted by atomic mass is 32.2. The number of aromatic nitrogens is 2. The summed E-state index contributed by atoms with van der Waals surface area (Å²) >= 11 is 1.85. The molecule has 6 N–H and O–H groups in total. The van der Waals surface area contributed by atoms with E-state index in [1.807, 2.05) is 23.4 Å². The van der Waals surface area contributed by atoms with Gasteiger partial charge in [-0.2, -0.15) is 30.0 Å². The van der Waals surface area contributed by atoms with Crippen LogP contribution >= 0.6 is 11.8 Å². The van der Waals surface area contributed by atoms with Gasteiger partial charge >= 0.3 is 12.2 Å². The Balaban J connectivity index is 0.953. The normalized spacial score (nSPS) is 16.9. The van der Waals surface area contributed by atoms with Crippen molar-refractivity contribution in [2.45, 2.75) is 112 Å². The Hall–Kier alpha value is -6.58. The number of hydrogen-bond donors (Lipinski definition) is 6. The summed E-state index contributed by atoms with van der Waals surface area (Å²) in [6, 6.07) is 16.8. The van der Waals surface area contributed by atoms with Gasteiger partial charge in [-0.05, 0) is 99.9 Å². The lowest BCUT2D eigenvalue weighted by molar-refractivity contribution is -0.141. The van der Waals surface area contributed by atoms with Crippen LogP contribution in [0.2, 0.25) is 0 Å². The molecule has 6 amide bonds. The molecular formula is C46H54F3N11O7S2. The summed E-state index contributed by atoms with van der Waals surface area (Å²) in [4.78, 5) is 65.6. The van der Waals surface area contributed by atoms with Gasteiger partial charge in [-0.15, -0.1) is 0 Å². The molecule has 4 aromatic rings. The van der Waals surface area contributed by atoms with E-state index in [-0.39, 0.29) is 83.3 Å². The number of nitrogens with one attached hydrogen (secondary N) is 6. The number of aryl methyl sites for hydroxylation is 1. The lowest BCUT2D eigenvalue weighted by Gasteiger charge is -2.19. The van der Waals surface area contributed by atoms with Gasteiger partial charge in [-0.3, -0.25) is 19.2 Å². The maximum Gasteiger partial charge on any atom is 0.435 e. The molecule has 3 aromatic carbocycles. The fourth-order valence-electron chi connectivity index (χ4n) is 7.88. The number of nitrogens with zero attached hydrogens (tertiary/aromatic N) is 5. The summed E-state index contributed by atoms with van der Waals surface area (Å²) in [5.74, 6) is -1.06. The molecule has 0 spiro atoms. The second-order valence-electron chi connectivity index (χ2n) is 16.8. The fraction of sp³-hybridized carbons (Fsp3) is 0.435. The molecule has 0 bridgehead atoms. The SMILES string of the molecule is Cc1ccc(-c2cc(C(F)(F)F)nn2-c2ccc(S(=O)(=O)NC(=O)[C@@H](CCCCNC(=O)CCCCCNC(=O)CCCC[C@@H]3SC[C@@H]4NC(=O)N[C@@H]43)NC(=O)c3ccc(N=[N+]=[N-])cc3)cc2)cc1. The maximum atomic E-state index is 13.8. The van der Waals surface area contributed by atoms with Gasteiger partial charge in [0, 0.05) is 58.7 Å². The van der Waals surface area contributed by atoms with Crippen LogP contribution in [-0.2, 0) is 30.6 Å². The Bertz CT molecular complexity index is 2610. The Kier molecular flexibility index (Phi) is 18.1. The van der Waals surface area contributed by atoms with Crippen LogP contribution in [0.15, 0.2) is 88.9 Å². The smallest absolute Gasteiger partial charge is 0.356 e. The average Bonchev–Trinajstić information content (AvgIpc) is 4.04. The number of carbonyl (C=O) groups is 5. The second kappa shape index (κ2) is 24.1. The van der Waals surface area contributed by atoms with Crippen molar-refractivity contribution in [1.82, 2.24) is 41.1 Å². The number of hydrogen-bond acceptors (Lipinski definition) is 10. The minimum Gasteiger partial charge on any atom is -0.356 e. The van der Waals surface area contributed by atoms with E-state index in [2.05, 4.69) is 41.7 Å². The van der Waals surface area contributed by atoms with E-state index >= 15 is 0 Å². The minimum atomic E-state index is -4.75. The zero-order valence-electron chi connectivity index (χ0n) is 37.8. The summed E-state index contributed by atoms with van der Waals surface area (Å²) in [6.45, 7) is 2.59. The number of azide groups is 1. The Morgan fingerprint density at radius 2 is 1.54 bits per heavy atom. The van der Waals surface area contributed by atoms with Crippen LogP contribution in [0.5, 0.6) is 0 Å². The van der Waals surface area contributed by atoms with Crippen molar-refractivity contribution < 1.29 is 45.6 Å². The van der Waals surface area contributed by atoms with Crippen molar-refractivity contribution in [2.24, 2.45) is 5.11 Å². The number of fused-ring (bicyclic) bond motifs is 1. The van der Waals surface area contributed by atoms with Crippen LogP contribution in [0.1, 0.15) is 92.2 Å². The first kappa shape index (κ1) is 51.8. The van der Waals surface area contributed by atoms with E-state index in [4.69, 9.17) is 5.53 Å². The van der Waals surface area contributed by atoms with E-state index in [9.17, 15) is 45.6 Å². The molecule has 0 unspecified atom stereocenters. The predicted molar refractivity (Wildman–Crippen MR) is 253 cm³/mol. The molecule has 0 radical (unpaired) electrons. The maximum absolute atomic E-state index is 13.8. The van der Waals surface area contributed by atoms with Gasteiger partial charge in [0.25, 0.3) is 21.8 Å². The third-order valence-electron chi connectivity index (χ3n) is 11.6. The zero-order valence-corrected chi connectivity index (χ0v) is 39.4. The van der Waals surface area contributed by atoms with Crippen LogP contribution in [0, 0.1) is 6.92 Å². The lowest BCUT2D eigenvalue weighted by Crippen LogP contribution is -2.48. The van der Waals surface area contributed by atoms with Gasteiger partial charge in [0.1, 0.15) is 6.04 Å². The van der Waals surface area contributed by atoms with Crippen LogP contribution < -0.4 is 31.3 Å². The Labute approximate surface area is 401 Å². The minimum absolute atomic E-state index is 0.0112. The second-order valence-corrected chi connectivity index (χ2v) is 19.7. The summed E-state index contributed by atoms with van der Waals surface area (Å²) in [5, 5.41) is 21.8. The first-order chi connectivity index (χ1) is 33.0. The number of halogens is 3. The first-order valence-corrected chi connectivity index (χ1v) is 25.1. The summed E-state index contributed by atoms with van der Waals surface area (Å²) in [7, 11) is -4.57. The highest BCUT2D eigenvalue weighted by Gasteiger charge is 2.42. The number of amides is 6. The molecule has 1 aromatic heterocycles. The van der Waals surface area contributed by atoms with Gasteiger partial charge in [0.2, 0.25) is 11.8 Å². The molecule has 4 atom stereocenters. The molecule has 69 heavy (non-hydrogen) atoms.